The number of allylic oxidation sites excluding steroid dienone is 1. The van der Waals surface area contributed by atoms with Gasteiger partial charge in [0.1, 0.15) is 42.0 Å². The molecule has 1 heterocycles. The number of nitrogens with one attached hydrogen (secondary N) is 1. The summed E-state index contributed by atoms with van der Waals surface area (Å²) < 4.78 is 48.6. The summed E-state index contributed by atoms with van der Waals surface area (Å²) in [6.45, 7) is 1.05. The first-order chi connectivity index (χ1) is 15.1. The van der Waals surface area contributed by atoms with E-state index in [1.54, 1.807) is 25.1 Å². The number of nitroso groups, excluding NO2 is 1. The molecule has 0 spiro atoms. The number of hydrogen-bond acceptors (Lipinski definition) is 7. The number of ether oxygens (including phenoxy) is 2. The Morgan fingerprint density at radius 3 is 2.50 bits per heavy atom. The predicted molar refractivity (Wildman–Crippen MR) is 109 cm³/mol. The van der Waals surface area contributed by atoms with Gasteiger partial charge in [0.2, 0.25) is 0 Å². The second-order valence-corrected chi connectivity index (χ2v) is 7.33. The number of nitrogens with zero attached hydrogens (tertiary/aromatic N) is 1. The number of esters is 1. The Morgan fingerprint density at radius 1 is 1.19 bits per heavy atom. The zero-order valence-electron chi connectivity index (χ0n) is 16.3. The van der Waals surface area contributed by atoms with Crippen LogP contribution >= 0.6 is 23.2 Å². The number of halogens is 5. The van der Waals surface area contributed by atoms with Gasteiger partial charge < -0.3 is 14.3 Å². The van der Waals surface area contributed by atoms with E-state index in [-0.39, 0.29) is 30.3 Å². The van der Waals surface area contributed by atoms with Crippen LogP contribution in [0.1, 0.15) is 24.1 Å². The topological polar surface area (TPSA) is 86.2 Å². The van der Waals surface area contributed by atoms with Gasteiger partial charge in [0, 0.05) is 15.6 Å². The minimum atomic E-state index is -4.63. The summed E-state index contributed by atoms with van der Waals surface area (Å²) in [6.07, 6.45) is -4.63. The zero-order valence-corrected chi connectivity index (χ0v) is 17.8. The summed E-state index contributed by atoms with van der Waals surface area (Å²) in [7, 11) is 0. The molecule has 2 aromatic carbocycles. The van der Waals surface area contributed by atoms with E-state index in [0.717, 1.165) is 12.1 Å². The second kappa shape index (κ2) is 9.76. The van der Waals surface area contributed by atoms with Crippen LogP contribution in [0.3, 0.4) is 0 Å². The highest BCUT2D eigenvalue weighted by Gasteiger charge is 2.35. The molecule has 1 atom stereocenters. The van der Waals surface area contributed by atoms with E-state index in [4.69, 9.17) is 37.5 Å². The maximum absolute atomic E-state index is 12.7. The van der Waals surface area contributed by atoms with Crippen molar-refractivity contribution in [3.8, 4) is 5.75 Å². The molecule has 0 aliphatic carbocycles. The van der Waals surface area contributed by atoms with Crippen LogP contribution in [0.5, 0.6) is 5.75 Å². The van der Waals surface area contributed by atoms with Gasteiger partial charge in [0.25, 0.3) is 0 Å². The second-order valence-electron chi connectivity index (χ2n) is 6.51. The van der Waals surface area contributed by atoms with Gasteiger partial charge >= 0.3 is 12.1 Å². The summed E-state index contributed by atoms with van der Waals surface area (Å²) in [5, 5.41) is 3.19. The lowest BCUT2D eigenvalue weighted by Gasteiger charge is -2.16. The van der Waals surface area contributed by atoms with Gasteiger partial charge in [-0.1, -0.05) is 29.3 Å². The van der Waals surface area contributed by atoms with Crippen LogP contribution in [0, 0.1) is 4.91 Å². The highest BCUT2D eigenvalue weighted by molar-refractivity contribution is 6.36. The lowest BCUT2D eigenvalue weighted by molar-refractivity contribution is -0.140. The van der Waals surface area contributed by atoms with Crippen molar-refractivity contribution in [1.29, 1.82) is 0 Å². The summed E-state index contributed by atoms with van der Waals surface area (Å²) >= 11 is 12.4. The molecule has 1 aliphatic rings. The van der Waals surface area contributed by atoms with Crippen molar-refractivity contribution in [2.45, 2.75) is 19.1 Å². The molecular formula is C20H15Cl2F3N2O5. The van der Waals surface area contributed by atoms with Crippen molar-refractivity contribution in [3.05, 3.63) is 73.8 Å². The number of carbonyl (C=O) groups excluding carboxylic acids is 1. The Hall–Kier alpha value is -2.82. The Kier molecular flexibility index (Phi) is 7.27. The van der Waals surface area contributed by atoms with E-state index in [1.807, 2.05) is 0 Å². The fraction of sp³-hybridized carbons (Fsp3) is 0.250. The van der Waals surface area contributed by atoms with Gasteiger partial charge in [0.15, 0.2) is 0 Å². The molecule has 0 saturated heterocycles. The first kappa shape index (κ1) is 23.8. The van der Waals surface area contributed by atoms with Crippen LogP contribution in [-0.4, -0.2) is 19.2 Å². The maximum atomic E-state index is 12.7. The van der Waals surface area contributed by atoms with Gasteiger partial charge in [-0.3, -0.25) is 0 Å². The fourth-order valence-electron chi connectivity index (χ4n) is 2.97. The van der Waals surface area contributed by atoms with E-state index in [2.05, 4.69) is 10.7 Å². The van der Waals surface area contributed by atoms with Crippen molar-refractivity contribution in [2.75, 3.05) is 13.2 Å². The van der Waals surface area contributed by atoms with Crippen LogP contribution < -0.4 is 10.2 Å². The standard InChI is InChI=1S/C20H15Cl2F3N2O5/c1-10-16(18(27-32-10)17-12(21)3-2-4-13(17)22)19(28)31-8-7-30-15-6-5-11(20(23,24)25)9-14(15)26-29/h2-6,9,18,27H,7-8H2,1H3. The third-order valence-electron chi connectivity index (χ3n) is 4.46. The van der Waals surface area contributed by atoms with Crippen molar-refractivity contribution in [3.63, 3.8) is 0 Å². The summed E-state index contributed by atoms with van der Waals surface area (Å²) in [6, 6.07) is 6.39. The Bertz CT molecular complexity index is 1060. The molecule has 0 amide bonds. The number of hydrogen-bond donors (Lipinski definition) is 1. The molecule has 170 valence electrons. The van der Waals surface area contributed by atoms with Crippen LogP contribution in [-0.2, 0) is 20.5 Å². The van der Waals surface area contributed by atoms with Crippen molar-refractivity contribution in [2.24, 2.45) is 5.18 Å². The van der Waals surface area contributed by atoms with Gasteiger partial charge in [-0.15, -0.1) is 10.4 Å². The van der Waals surface area contributed by atoms with E-state index >= 15 is 0 Å². The quantitative estimate of drug-likeness (QED) is 0.296. The molecule has 0 aromatic heterocycles. The largest absolute Gasteiger partial charge is 0.488 e. The molecule has 2 aromatic rings. The fourth-order valence-corrected chi connectivity index (χ4v) is 3.58. The normalized spacial score (nSPS) is 16.0. The Morgan fingerprint density at radius 2 is 1.88 bits per heavy atom. The molecule has 3 rings (SSSR count). The molecule has 0 fully saturated rings. The molecule has 1 N–H and O–H groups in total. The number of carbonyl (C=O) groups is 1. The lowest BCUT2D eigenvalue weighted by atomic mass is 9.99. The first-order valence-corrected chi connectivity index (χ1v) is 9.80. The number of rotatable bonds is 7. The van der Waals surface area contributed by atoms with Crippen LogP contribution in [0.15, 0.2) is 52.9 Å². The van der Waals surface area contributed by atoms with Crippen LogP contribution in [0.4, 0.5) is 18.9 Å². The van der Waals surface area contributed by atoms with E-state index < -0.39 is 29.4 Å². The van der Waals surface area contributed by atoms with Crippen LogP contribution in [0.2, 0.25) is 10.0 Å². The maximum Gasteiger partial charge on any atom is 0.416 e. The van der Waals surface area contributed by atoms with E-state index in [9.17, 15) is 22.9 Å². The van der Waals surface area contributed by atoms with Crippen molar-refractivity contribution < 1.29 is 32.3 Å². The average molecular weight is 491 g/mol. The Labute approximate surface area is 190 Å². The summed E-state index contributed by atoms with van der Waals surface area (Å²) in [4.78, 5) is 28.7. The molecular weight excluding hydrogens is 476 g/mol. The van der Waals surface area contributed by atoms with E-state index in [1.165, 1.54) is 0 Å². The highest BCUT2D eigenvalue weighted by Crippen LogP contribution is 2.39. The monoisotopic (exact) mass is 490 g/mol. The van der Waals surface area contributed by atoms with Crippen molar-refractivity contribution >= 4 is 34.9 Å². The smallest absolute Gasteiger partial charge is 0.416 e. The molecule has 12 heteroatoms. The average Bonchev–Trinajstić information content (AvgIpc) is 3.11. The third-order valence-corrected chi connectivity index (χ3v) is 5.12. The van der Waals surface area contributed by atoms with Gasteiger partial charge in [-0.2, -0.15) is 13.2 Å². The molecule has 7 nitrogen and oxygen atoms in total. The predicted octanol–water partition coefficient (Wildman–Crippen LogP) is 5.88. The first-order valence-electron chi connectivity index (χ1n) is 9.05. The van der Waals surface area contributed by atoms with Gasteiger partial charge in [-0.05, 0) is 42.4 Å². The number of benzene rings is 2. The van der Waals surface area contributed by atoms with E-state index in [0.29, 0.717) is 21.7 Å². The minimum absolute atomic E-state index is 0.143. The third kappa shape index (κ3) is 5.14. The molecule has 0 bridgehead atoms. The summed E-state index contributed by atoms with van der Waals surface area (Å²) in [5.74, 6) is -0.656. The highest BCUT2D eigenvalue weighted by atomic mass is 35.5. The SMILES string of the molecule is CC1=C(C(=O)OCCOc2ccc(C(F)(F)F)cc2N=O)C(c2c(Cl)cccc2Cl)NO1. The molecule has 0 saturated carbocycles. The minimum Gasteiger partial charge on any atom is -0.488 e. The zero-order chi connectivity index (χ0) is 23.5. The van der Waals surface area contributed by atoms with Gasteiger partial charge in [0.05, 0.1) is 5.56 Å². The van der Waals surface area contributed by atoms with Gasteiger partial charge in [-0.25, -0.2) is 4.79 Å². The lowest BCUT2D eigenvalue weighted by Crippen LogP contribution is -2.22. The molecule has 0 radical (unpaired) electrons. The molecule has 32 heavy (non-hydrogen) atoms. The summed E-state index contributed by atoms with van der Waals surface area (Å²) in [5.41, 5.74) is 1.69. The van der Waals surface area contributed by atoms with Crippen molar-refractivity contribution in [1.82, 2.24) is 5.48 Å². The molecule has 1 aliphatic heterocycles. The van der Waals surface area contributed by atoms with Crippen LogP contribution in [0.25, 0.3) is 0 Å². The number of hydroxylamine groups is 1. The number of alkyl halides is 3. The molecule has 1 unspecified atom stereocenters. The Balaban J connectivity index is 1.64.